The molecule has 0 spiro atoms. The number of carboxylic acid groups (broad SMARTS) is 1. The van der Waals surface area contributed by atoms with Crippen molar-refractivity contribution in [2.45, 2.75) is 25.6 Å². The van der Waals surface area contributed by atoms with Gasteiger partial charge in [0.15, 0.2) is 0 Å². The van der Waals surface area contributed by atoms with E-state index < -0.39 is 12.6 Å². The Labute approximate surface area is 127 Å². The number of rotatable bonds is 7. The molecule has 1 aliphatic heterocycles. The zero-order valence-electron chi connectivity index (χ0n) is 12.1. The Hall–Kier alpha value is -1.73. The third-order valence-electron chi connectivity index (χ3n) is 3.47. The van der Waals surface area contributed by atoms with Crippen LogP contribution < -0.4 is 4.74 Å². The van der Waals surface area contributed by atoms with Crippen LogP contribution in [0, 0.1) is 0 Å². The minimum absolute atomic E-state index is 0.110. The van der Waals surface area contributed by atoms with Gasteiger partial charge in [-0.2, -0.15) is 8.78 Å². The maximum atomic E-state index is 12.3. The van der Waals surface area contributed by atoms with Crippen molar-refractivity contribution in [3.05, 3.63) is 29.8 Å². The van der Waals surface area contributed by atoms with Crippen molar-refractivity contribution in [3.8, 4) is 5.75 Å². The van der Waals surface area contributed by atoms with Crippen LogP contribution in [-0.4, -0.2) is 48.8 Å². The summed E-state index contributed by atoms with van der Waals surface area (Å²) in [6.07, 6.45) is 0.496. The fourth-order valence-corrected chi connectivity index (χ4v) is 2.45. The molecule has 0 bridgehead atoms. The van der Waals surface area contributed by atoms with Crippen LogP contribution in [0.4, 0.5) is 8.78 Å². The first-order chi connectivity index (χ1) is 10.5. The van der Waals surface area contributed by atoms with Gasteiger partial charge in [-0.25, -0.2) is 0 Å². The van der Waals surface area contributed by atoms with E-state index in [1.165, 1.54) is 6.07 Å². The SMILES string of the molecule is O=C(O)CCCN1CCOC(c2cccc(OC(F)F)c2)C1. The molecule has 1 saturated heterocycles. The summed E-state index contributed by atoms with van der Waals surface area (Å²) in [7, 11) is 0. The second-order valence-corrected chi connectivity index (χ2v) is 5.11. The van der Waals surface area contributed by atoms with Crippen molar-refractivity contribution in [1.82, 2.24) is 4.90 Å². The van der Waals surface area contributed by atoms with Crippen molar-refractivity contribution >= 4 is 5.97 Å². The van der Waals surface area contributed by atoms with E-state index in [1.807, 2.05) is 6.07 Å². The van der Waals surface area contributed by atoms with E-state index in [-0.39, 0.29) is 18.3 Å². The summed E-state index contributed by atoms with van der Waals surface area (Å²) >= 11 is 0. The van der Waals surface area contributed by atoms with E-state index in [0.29, 0.717) is 26.1 Å². The summed E-state index contributed by atoms with van der Waals surface area (Å²) in [4.78, 5) is 12.7. The average Bonchev–Trinajstić information content (AvgIpc) is 2.47. The van der Waals surface area contributed by atoms with Crippen LogP contribution in [-0.2, 0) is 9.53 Å². The van der Waals surface area contributed by atoms with E-state index in [0.717, 1.165) is 12.1 Å². The molecule has 0 radical (unpaired) electrons. The van der Waals surface area contributed by atoms with Gasteiger partial charge >= 0.3 is 12.6 Å². The van der Waals surface area contributed by atoms with E-state index in [2.05, 4.69) is 9.64 Å². The molecule has 5 nitrogen and oxygen atoms in total. The van der Waals surface area contributed by atoms with Crippen molar-refractivity contribution in [2.24, 2.45) is 0 Å². The third kappa shape index (κ3) is 5.23. The first-order valence-corrected chi connectivity index (χ1v) is 7.15. The highest BCUT2D eigenvalue weighted by Gasteiger charge is 2.22. The van der Waals surface area contributed by atoms with Gasteiger partial charge in [0.1, 0.15) is 5.75 Å². The molecular formula is C15H19F2NO4. The van der Waals surface area contributed by atoms with E-state index in [1.54, 1.807) is 12.1 Å². The Kier molecular flexibility index (Phi) is 6.09. The molecular weight excluding hydrogens is 296 g/mol. The maximum absolute atomic E-state index is 12.3. The molecule has 0 aromatic heterocycles. The summed E-state index contributed by atoms with van der Waals surface area (Å²) < 4.78 is 34.6. The van der Waals surface area contributed by atoms with Crippen LogP contribution in [0.2, 0.25) is 0 Å². The summed E-state index contributed by atoms with van der Waals surface area (Å²) in [6.45, 7) is -0.298. The quantitative estimate of drug-likeness (QED) is 0.838. The van der Waals surface area contributed by atoms with E-state index in [4.69, 9.17) is 9.84 Å². The van der Waals surface area contributed by atoms with Gasteiger partial charge in [-0.15, -0.1) is 0 Å². The highest BCUT2D eigenvalue weighted by molar-refractivity contribution is 5.66. The molecule has 0 aliphatic carbocycles. The lowest BCUT2D eigenvalue weighted by atomic mass is 10.1. The summed E-state index contributed by atoms with van der Waals surface area (Å²) in [6, 6.07) is 6.49. The number of carbonyl (C=O) groups is 1. The Morgan fingerprint density at radius 1 is 1.50 bits per heavy atom. The minimum Gasteiger partial charge on any atom is -0.481 e. The zero-order valence-corrected chi connectivity index (χ0v) is 12.1. The number of alkyl halides is 2. The van der Waals surface area contributed by atoms with Gasteiger partial charge in [-0.1, -0.05) is 12.1 Å². The fraction of sp³-hybridized carbons (Fsp3) is 0.533. The van der Waals surface area contributed by atoms with Crippen LogP contribution in [0.15, 0.2) is 24.3 Å². The molecule has 1 aromatic rings. The Morgan fingerprint density at radius 3 is 3.05 bits per heavy atom. The Morgan fingerprint density at radius 2 is 2.32 bits per heavy atom. The first kappa shape index (κ1) is 16.6. The normalized spacial score (nSPS) is 19.3. The van der Waals surface area contributed by atoms with Crippen LogP contribution in [0.5, 0.6) is 5.75 Å². The van der Waals surface area contributed by atoms with Crippen LogP contribution in [0.3, 0.4) is 0 Å². The summed E-state index contributed by atoms with van der Waals surface area (Å²) in [5.74, 6) is -0.694. The predicted octanol–water partition coefficient (Wildman–Crippen LogP) is 2.53. The smallest absolute Gasteiger partial charge is 0.387 e. The average molecular weight is 315 g/mol. The second-order valence-electron chi connectivity index (χ2n) is 5.11. The molecule has 122 valence electrons. The summed E-state index contributed by atoms with van der Waals surface area (Å²) in [5, 5.41) is 8.66. The predicted molar refractivity (Wildman–Crippen MR) is 75.1 cm³/mol. The van der Waals surface area contributed by atoms with Crippen molar-refractivity contribution < 1.29 is 28.2 Å². The number of hydrogen-bond acceptors (Lipinski definition) is 4. The monoisotopic (exact) mass is 315 g/mol. The molecule has 1 aromatic carbocycles. The topological polar surface area (TPSA) is 59.0 Å². The van der Waals surface area contributed by atoms with Gasteiger partial charge in [0.25, 0.3) is 0 Å². The van der Waals surface area contributed by atoms with Gasteiger partial charge in [0.05, 0.1) is 12.7 Å². The molecule has 1 aliphatic rings. The Bertz CT molecular complexity index is 498. The molecule has 0 saturated carbocycles. The van der Waals surface area contributed by atoms with Crippen LogP contribution in [0.25, 0.3) is 0 Å². The summed E-state index contributed by atoms with van der Waals surface area (Å²) in [5.41, 5.74) is 0.779. The fourth-order valence-electron chi connectivity index (χ4n) is 2.45. The first-order valence-electron chi connectivity index (χ1n) is 7.15. The highest BCUT2D eigenvalue weighted by Crippen LogP contribution is 2.26. The standard InChI is InChI=1S/C15H19F2NO4/c16-15(17)22-12-4-1-3-11(9-12)13-10-18(7-8-21-13)6-2-5-14(19)20/h1,3-4,9,13,15H,2,5-8,10H2,(H,19,20). The minimum atomic E-state index is -2.85. The van der Waals surface area contributed by atoms with Crippen molar-refractivity contribution in [3.63, 3.8) is 0 Å². The number of nitrogens with zero attached hydrogens (tertiary/aromatic N) is 1. The molecule has 1 atom stereocenters. The Balaban J connectivity index is 1.92. The highest BCUT2D eigenvalue weighted by atomic mass is 19.3. The van der Waals surface area contributed by atoms with Gasteiger partial charge in [0.2, 0.25) is 0 Å². The molecule has 0 amide bonds. The lowest BCUT2D eigenvalue weighted by Gasteiger charge is -2.33. The van der Waals surface area contributed by atoms with Crippen molar-refractivity contribution in [2.75, 3.05) is 26.2 Å². The van der Waals surface area contributed by atoms with E-state index >= 15 is 0 Å². The lowest BCUT2D eigenvalue weighted by molar-refractivity contribution is -0.137. The maximum Gasteiger partial charge on any atom is 0.387 e. The van der Waals surface area contributed by atoms with Crippen LogP contribution >= 0.6 is 0 Å². The molecule has 1 heterocycles. The second kappa shape index (κ2) is 8.05. The number of hydrogen-bond donors (Lipinski definition) is 1. The lowest BCUT2D eigenvalue weighted by Crippen LogP contribution is -2.39. The molecule has 1 unspecified atom stereocenters. The van der Waals surface area contributed by atoms with Gasteiger partial charge < -0.3 is 14.6 Å². The van der Waals surface area contributed by atoms with Crippen LogP contribution in [0.1, 0.15) is 24.5 Å². The van der Waals surface area contributed by atoms with Crippen molar-refractivity contribution in [1.29, 1.82) is 0 Å². The largest absolute Gasteiger partial charge is 0.481 e. The molecule has 1 N–H and O–H groups in total. The zero-order chi connectivity index (χ0) is 15.9. The number of morpholine rings is 1. The molecule has 7 heteroatoms. The van der Waals surface area contributed by atoms with Gasteiger partial charge in [-0.05, 0) is 30.7 Å². The third-order valence-corrected chi connectivity index (χ3v) is 3.47. The number of benzene rings is 1. The van der Waals surface area contributed by atoms with E-state index in [9.17, 15) is 13.6 Å². The number of halogens is 2. The molecule has 1 fully saturated rings. The number of carboxylic acids is 1. The number of aliphatic carboxylic acids is 1. The number of ether oxygens (including phenoxy) is 2. The molecule has 2 rings (SSSR count). The van der Waals surface area contributed by atoms with Gasteiger partial charge in [0, 0.05) is 19.5 Å². The molecule has 22 heavy (non-hydrogen) atoms. The van der Waals surface area contributed by atoms with Gasteiger partial charge in [-0.3, -0.25) is 9.69 Å².